The zero-order chi connectivity index (χ0) is 42.6. The van der Waals surface area contributed by atoms with Crippen LogP contribution >= 0.6 is 0 Å². The maximum absolute atomic E-state index is 6.86. The van der Waals surface area contributed by atoms with Crippen molar-refractivity contribution in [1.82, 2.24) is 0 Å². The smallest absolute Gasteiger partial charge is 0.159 e. The molecule has 0 aliphatic heterocycles. The highest BCUT2D eigenvalue weighted by molar-refractivity contribution is 6.12. The quantitative estimate of drug-likeness (QED) is 0.172. The van der Waals surface area contributed by atoms with Gasteiger partial charge in [-0.3, -0.25) is 0 Å². The molecule has 12 aromatic rings. The van der Waals surface area contributed by atoms with E-state index in [1.54, 1.807) is 0 Å². The van der Waals surface area contributed by atoms with E-state index in [1.807, 2.05) is 0 Å². The lowest BCUT2D eigenvalue weighted by Gasteiger charge is -2.31. The number of furan rings is 1. The molecule has 14 rings (SSSR count). The van der Waals surface area contributed by atoms with Gasteiger partial charge in [-0.1, -0.05) is 206 Å². The van der Waals surface area contributed by atoms with Crippen molar-refractivity contribution in [2.45, 2.75) is 5.41 Å². The third-order valence-corrected chi connectivity index (χ3v) is 14.3. The second kappa shape index (κ2) is 13.8. The number of fused-ring (bicyclic) bond motifs is 15. The molecule has 11 aromatic carbocycles. The number of nitrogens with zero attached hydrogens (tertiary/aromatic N) is 1. The summed E-state index contributed by atoms with van der Waals surface area (Å²) in [6.07, 6.45) is 0. The molecule has 1 heterocycles. The molecule has 1 spiro atoms. The Labute approximate surface area is 376 Å². The van der Waals surface area contributed by atoms with Crippen LogP contribution in [0, 0.1) is 0 Å². The highest BCUT2D eigenvalue weighted by Crippen LogP contribution is 2.65. The van der Waals surface area contributed by atoms with Crippen molar-refractivity contribution in [1.29, 1.82) is 0 Å². The van der Waals surface area contributed by atoms with Crippen LogP contribution in [0.15, 0.2) is 241 Å². The van der Waals surface area contributed by atoms with Crippen LogP contribution in [0.5, 0.6) is 0 Å². The first-order valence-electron chi connectivity index (χ1n) is 22.5. The molecule has 2 aliphatic carbocycles. The van der Waals surface area contributed by atoms with E-state index < -0.39 is 5.41 Å². The van der Waals surface area contributed by atoms with Crippen LogP contribution in [-0.4, -0.2) is 0 Å². The number of hydrogen-bond donors (Lipinski definition) is 0. The van der Waals surface area contributed by atoms with Crippen molar-refractivity contribution in [3.8, 4) is 44.5 Å². The average Bonchev–Trinajstić information content (AvgIpc) is 4.01. The molecular weight excluding hydrogens is 787 g/mol. The van der Waals surface area contributed by atoms with Crippen LogP contribution in [0.4, 0.5) is 17.1 Å². The summed E-state index contributed by atoms with van der Waals surface area (Å²) in [4.78, 5) is 2.44. The molecule has 0 bridgehead atoms. The van der Waals surface area contributed by atoms with Gasteiger partial charge in [-0.05, 0) is 113 Å². The summed E-state index contributed by atoms with van der Waals surface area (Å²) in [5.74, 6) is 0. The Hall–Kier alpha value is -8.46. The van der Waals surface area contributed by atoms with Gasteiger partial charge >= 0.3 is 0 Å². The predicted octanol–water partition coefficient (Wildman–Crippen LogP) is 17.0. The Balaban J connectivity index is 0.992. The molecule has 0 N–H and O–H groups in total. The third kappa shape index (κ3) is 4.99. The Morgan fingerprint density at radius 2 is 0.800 bits per heavy atom. The molecule has 0 fully saturated rings. The van der Waals surface area contributed by atoms with Gasteiger partial charge in [0.05, 0.1) is 16.8 Å². The summed E-state index contributed by atoms with van der Waals surface area (Å²) in [7, 11) is 0. The van der Waals surface area contributed by atoms with E-state index in [9.17, 15) is 0 Å². The zero-order valence-corrected chi connectivity index (χ0v) is 35.4. The Kier molecular flexibility index (Phi) is 7.64. The number of benzene rings is 11. The molecule has 0 unspecified atom stereocenters. The number of anilines is 3. The first kappa shape index (κ1) is 36.1. The van der Waals surface area contributed by atoms with Crippen molar-refractivity contribution >= 4 is 60.5 Å². The summed E-state index contributed by atoms with van der Waals surface area (Å²) < 4.78 is 6.86. The summed E-state index contributed by atoms with van der Waals surface area (Å²) in [5, 5.41) is 7.19. The highest BCUT2D eigenvalue weighted by Gasteiger charge is 2.52. The van der Waals surface area contributed by atoms with Crippen molar-refractivity contribution in [3.63, 3.8) is 0 Å². The Bertz CT molecular complexity index is 3860. The van der Waals surface area contributed by atoms with E-state index in [0.717, 1.165) is 44.6 Å². The maximum Gasteiger partial charge on any atom is 0.159 e. The fraction of sp³-hybridized carbons (Fsp3) is 0.0159. The number of para-hydroxylation sites is 2. The van der Waals surface area contributed by atoms with E-state index in [1.165, 1.54) is 82.7 Å². The van der Waals surface area contributed by atoms with E-state index in [4.69, 9.17) is 4.42 Å². The van der Waals surface area contributed by atoms with E-state index in [-0.39, 0.29) is 0 Å². The molecule has 0 saturated carbocycles. The third-order valence-electron chi connectivity index (χ3n) is 14.3. The molecular formula is C63H39NO. The van der Waals surface area contributed by atoms with Crippen LogP contribution in [0.25, 0.3) is 88.0 Å². The molecule has 1 aromatic heterocycles. The predicted molar refractivity (Wildman–Crippen MR) is 271 cm³/mol. The van der Waals surface area contributed by atoms with Gasteiger partial charge in [0, 0.05) is 22.0 Å². The molecule has 0 amide bonds. The average molecular weight is 826 g/mol. The number of rotatable bonds is 5. The van der Waals surface area contributed by atoms with Gasteiger partial charge in [0.1, 0.15) is 5.58 Å². The van der Waals surface area contributed by atoms with E-state index in [2.05, 4.69) is 241 Å². The molecule has 2 nitrogen and oxygen atoms in total. The van der Waals surface area contributed by atoms with Gasteiger partial charge in [-0.15, -0.1) is 0 Å². The Morgan fingerprint density at radius 1 is 0.308 bits per heavy atom. The van der Waals surface area contributed by atoms with E-state index in [0.29, 0.717) is 0 Å². The zero-order valence-electron chi connectivity index (χ0n) is 35.4. The molecule has 2 heteroatoms. The SMILES string of the molecule is c1ccc2c(c1)-c1ccccc1C21c2ccccc2-c2c(N(c3ccc(-c4ccc(-c5cccc6ccccc56)c5ccccc45)cc3)c3cccc4c3oc3ccccc34)cccc21. The first-order chi connectivity index (χ1) is 32.3. The van der Waals surface area contributed by atoms with Gasteiger partial charge in [-0.25, -0.2) is 0 Å². The summed E-state index contributed by atoms with van der Waals surface area (Å²) >= 11 is 0. The minimum Gasteiger partial charge on any atom is -0.454 e. The highest BCUT2D eigenvalue weighted by atomic mass is 16.3. The van der Waals surface area contributed by atoms with Crippen molar-refractivity contribution in [2.75, 3.05) is 4.90 Å². The molecule has 2 aliphatic rings. The van der Waals surface area contributed by atoms with Crippen LogP contribution in [-0.2, 0) is 5.41 Å². The first-order valence-corrected chi connectivity index (χ1v) is 22.5. The van der Waals surface area contributed by atoms with Gasteiger partial charge in [0.25, 0.3) is 0 Å². The molecule has 65 heavy (non-hydrogen) atoms. The molecule has 0 saturated heterocycles. The number of hydrogen-bond acceptors (Lipinski definition) is 2. The van der Waals surface area contributed by atoms with Gasteiger partial charge in [0.2, 0.25) is 0 Å². The minimum absolute atomic E-state index is 0.463. The normalized spacial score (nSPS) is 13.0. The lowest BCUT2D eigenvalue weighted by atomic mass is 9.70. The van der Waals surface area contributed by atoms with Gasteiger partial charge < -0.3 is 9.32 Å². The lowest BCUT2D eigenvalue weighted by molar-refractivity contribution is 0.669. The fourth-order valence-corrected chi connectivity index (χ4v) is 11.7. The van der Waals surface area contributed by atoms with Crippen LogP contribution in [0.2, 0.25) is 0 Å². The molecule has 0 radical (unpaired) electrons. The minimum atomic E-state index is -0.463. The Morgan fingerprint density at radius 3 is 1.57 bits per heavy atom. The van der Waals surface area contributed by atoms with Crippen LogP contribution < -0.4 is 4.90 Å². The summed E-state index contributed by atoms with van der Waals surface area (Å²) in [6.45, 7) is 0. The largest absolute Gasteiger partial charge is 0.454 e. The second-order valence-corrected chi connectivity index (χ2v) is 17.5. The molecule has 0 atom stereocenters. The topological polar surface area (TPSA) is 16.4 Å². The van der Waals surface area contributed by atoms with Crippen molar-refractivity contribution < 1.29 is 4.42 Å². The van der Waals surface area contributed by atoms with Crippen molar-refractivity contribution in [3.05, 3.63) is 259 Å². The van der Waals surface area contributed by atoms with Crippen molar-refractivity contribution in [2.24, 2.45) is 0 Å². The summed E-state index contributed by atoms with van der Waals surface area (Å²) in [6, 6.07) is 86.9. The van der Waals surface area contributed by atoms with Gasteiger partial charge in [0.15, 0.2) is 5.58 Å². The van der Waals surface area contributed by atoms with Gasteiger partial charge in [-0.2, -0.15) is 0 Å². The monoisotopic (exact) mass is 825 g/mol. The maximum atomic E-state index is 6.86. The van der Waals surface area contributed by atoms with Crippen LogP contribution in [0.3, 0.4) is 0 Å². The fourth-order valence-electron chi connectivity index (χ4n) is 11.7. The second-order valence-electron chi connectivity index (χ2n) is 17.5. The van der Waals surface area contributed by atoms with E-state index >= 15 is 0 Å². The lowest BCUT2D eigenvalue weighted by Crippen LogP contribution is -2.26. The standard InChI is InChI=1S/C63H39NO/c1-2-18-43-40(16-1)17-13-25-46(43)48-39-38-44(45-19-3-4-20-47(45)48)41-34-36-42(37-35-41)64(59-32-14-26-52-51-23-8-12-33-60(51)65-62(52)59)58-31-15-30-57-61(58)53-24-7-11-29-56(53)63(57)54-27-9-5-21-49(54)50-22-6-10-28-55(50)63/h1-39H. The molecule has 302 valence electrons. The summed E-state index contributed by atoms with van der Waals surface area (Å²) in [5.41, 5.74) is 19.7. The van der Waals surface area contributed by atoms with Crippen LogP contribution in [0.1, 0.15) is 22.3 Å².